The van der Waals surface area contributed by atoms with E-state index in [-0.39, 0.29) is 5.91 Å². The fraction of sp³-hybridized carbons (Fsp3) is 0.250. The van der Waals surface area contributed by atoms with E-state index in [4.69, 9.17) is 14.2 Å². The van der Waals surface area contributed by atoms with Gasteiger partial charge in [0, 0.05) is 41.5 Å². The molecular formula is C20H22N2O4. The van der Waals surface area contributed by atoms with Crippen molar-refractivity contribution in [3.05, 3.63) is 48.2 Å². The lowest BCUT2D eigenvalue weighted by Gasteiger charge is -2.14. The summed E-state index contributed by atoms with van der Waals surface area (Å²) < 4.78 is 18.0. The molecule has 1 heterocycles. The highest BCUT2D eigenvalue weighted by molar-refractivity contribution is 6.13. The molecule has 6 nitrogen and oxygen atoms in total. The van der Waals surface area contributed by atoms with Crippen LogP contribution in [-0.2, 0) is 6.54 Å². The number of hydrogen-bond donors (Lipinski definition) is 1. The van der Waals surface area contributed by atoms with Gasteiger partial charge in [-0.2, -0.15) is 0 Å². The van der Waals surface area contributed by atoms with Crippen LogP contribution in [-0.4, -0.2) is 31.8 Å². The largest absolute Gasteiger partial charge is 0.493 e. The predicted octanol–water partition coefficient (Wildman–Crippen LogP) is 3.94. The third-order valence-electron chi connectivity index (χ3n) is 4.30. The highest BCUT2D eigenvalue weighted by atomic mass is 16.5. The van der Waals surface area contributed by atoms with Gasteiger partial charge in [0.1, 0.15) is 0 Å². The molecule has 0 fully saturated rings. The lowest BCUT2D eigenvalue weighted by atomic mass is 10.1. The van der Waals surface area contributed by atoms with E-state index in [1.807, 2.05) is 37.4 Å². The lowest BCUT2D eigenvalue weighted by molar-refractivity contribution is 0.102. The molecule has 0 spiro atoms. The molecular weight excluding hydrogens is 332 g/mol. The van der Waals surface area contributed by atoms with Crippen molar-refractivity contribution in [3.63, 3.8) is 0 Å². The quantitative estimate of drug-likeness (QED) is 0.728. The summed E-state index contributed by atoms with van der Waals surface area (Å²) in [4.78, 5) is 12.9. The van der Waals surface area contributed by atoms with Gasteiger partial charge in [-0.3, -0.25) is 4.79 Å². The van der Waals surface area contributed by atoms with Gasteiger partial charge >= 0.3 is 0 Å². The highest BCUT2D eigenvalue weighted by Crippen LogP contribution is 2.40. The Hall–Kier alpha value is -3.15. The Morgan fingerprint density at radius 1 is 1.04 bits per heavy atom. The number of anilines is 1. The fourth-order valence-electron chi connectivity index (χ4n) is 3.04. The van der Waals surface area contributed by atoms with Crippen LogP contribution in [0.5, 0.6) is 17.2 Å². The molecule has 0 aliphatic rings. The van der Waals surface area contributed by atoms with E-state index in [0.717, 1.165) is 17.4 Å². The highest BCUT2D eigenvalue weighted by Gasteiger charge is 2.18. The molecule has 0 aliphatic carbocycles. The van der Waals surface area contributed by atoms with Gasteiger partial charge in [0.25, 0.3) is 5.91 Å². The summed E-state index contributed by atoms with van der Waals surface area (Å²) >= 11 is 0. The smallest absolute Gasteiger partial charge is 0.257 e. The number of fused-ring (bicyclic) bond motifs is 1. The number of nitrogens with zero attached hydrogens (tertiary/aromatic N) is 1. The molecule has 0 unspecified atom stereocenters. The van der Waals surface area contributed by atoms with Gasteiger partial charge in [-0.1, -0.05) is 18.2 Å². The molecule has 3 aromatic rings. The third kappa shape index (κ3) is 3.06. The second kappa shape index (κ2) is 7.39. The minimum absolute atomic E-state index is 0.192. The summed E-state index contributed by atoms with van der Waals surface area (Å²) in [6.07, 6.45) is 1.87. The van der Waals surface area contributed by atoms with Gasteiger partial charge in [-0.15, -0.1) is 0 Å². The summed E-state index contributed by atoms with van der Waals surface area (Å²) in [5.41, 5.74) is 2.22. The van der Waals surface area contributed by atoms with Crippen LogP contribution in [0.4, 0.5) is 5.69 Å². The van der Waals surface area contributed by atoms with E-state index in [2.05, 4.69) is 9.88 Å². The van der Waals surface area contributed by atoms with Crippen molar-refractivity contribution in [1.29, 1.82) is 0 Å². The van der Waals surface area contributed by atoms with Crippen molar-refractivity contribution >= 4 is 22.5 Å². The molecule has 1 N–H and O–H groups in total. The van der Waals surface area contributed by atoms with Crippen molar-refractivity contribution in [2.75, 3.05) is 26.6 Å². The number of carbonyl (C=O) groups is 1. The number of methoxy groups -OCH3 is 3. The van der Waals surface area contributed by atoms with Crippen LogP contribution in [0.25, 0.3) is 10.9 Å². The molecule has 0 radical (unpaired) electrons. The van der Waals surface area contributed by atoms with Crippen LogP contribution in [0.2, 0.25) is 0 Å². The molecule has 26 heavy (non-hydrogen) atoms. The normalized spacial score (nSPS) is 10.6. The monoisotopic (exact) mass is 354 g/mol. The van der Waals surface area contributed by atoms with Gasteiger partial charge in [-0.25, -0.2) is 0 Å². The van der Waals surface area contributed by atoms with Crippen LogP contribution >= 0.6 is 0 Å². The molecule has 0 saturated heterocycles. The lowest BCUT2D eigenvalue weighted by Crippen LogP contribution is -2.12. The number of aromatic nitrogens is 1. The zero-order valence-electron chi connectivity index (χ0n) is 15.3. The van der Waals surface area contributed by atoms with Gasteiger partial charge in [0.15, 0.2) is 11.5 Å². The van der Waals surface area contributed by atoms with Crippen LogP contribution in [0.15, 0.2) is 42.6 Å². The number of para-hydroxylation sites is 1. The molecule has 1 aromatic heterocycles. The van der Waals surface area contributed by atoms with E-state index in [1.54, 1.807) is 12.1 Å². The first kappa shape index (κ1) is 17.7. The molecule has 2 aromatic carbocycles. The SMILES string of the molecule is CCn1cc(C(=O)Nc2cc(OC)c(OC)c(OC)c2)c2ccccc21. The number of amides is 1. The van der Waals surface area contributed by atoms with E-state index in [9.17, 15) is 4.79 Å². The van der Waals surface area contributed by atoms with Crippen molar-refractivity contribution in [1.82, 2.24) is 4.57 Å². The molecule has 6 heteroatoms. The number of benzene rings is 2. The molecule has 1 amide bonds. The maximum Gasteiger partial charge on any atom is 0.257 e. The molecule has 0 atom stereocenters. The molecule has 0 aliphatic heterocycles. The summed E-state index contributed by atoms with van der Waals surface area (Å²) in [6.45, 7) is 2.84. The minimum atomic E-state index is -0.192. The maximum absolute atomic E-state index is 12.9. The maximum atomic E-state index is 12.9. The topological polar surface area (TPSA) is 61.7 Å². The van der Waals surface area contributed by atoms with Gasteiger partial charge in [0.2, 0.25) is 5.75 Å². The number of rotatable bonds is 6. The van der Waals surface area contributed by atoms with Crippen LogP contribution in [0, 0.1) is 0 Å². The summed E-state index contributed by atoms with van der Waals surface area (Å²) in [5, 5.41) is 3.84. The second-order valence-electron chi connectivity index (χ2n) is 5.71. The Morgan fingerprint density at radius 2 is 1.69 bits per heavy atom. The summed E-state index contributed by atoms with van der Waals surface area (Å²) in [6, 6.07) is 11.3. The second-order valence-corrected chi connectivity index (χ2v) is 5.71. The van der Waals surface area contributed by atoms with Crippen LogP contribution < -0.4 is 19.5 Å². The Bertz CT molecular complexity index is 921. The van der Waals surface area contributed by atoms with E-state index < -0.39 is 0 Å². The Labute approximate surface area is 152 Å². The average Bonchev–Trinajstić information content (AvgIpc) is 3.06. The summed E-state index contributed by atoms with van der Waals surface area (Å²) in [5.74, 6) is 1.26. The minimum Gasteiger partial charge on any atom is -0.493 e. The Balaban J connectivity index is 1.98. The van der Waals surface area contributed by atoms with Crippen molar-refractivity contribution in [2.45, 2.75) is 13.5 Å². The first-order valence-corrected chi connectivity index (χ1v) is 8.32. The standard InChI is InChI=1S/C20H22N2O4/c1-5-22-12-15(14-8-6-7-9-16(14)22)20(23)21-13-10-17(24-2)19(26-4)18(11-13)25-3/h6-12H,5H2,1-4H3,(H,21,23). The average molecular weight is 354 g/mol. The van der Waals surface area contributed by atoms with E-state index >= 15 is 0 Å². The van der Waals surface area contributed by atoms with Gasteiger partial charge in [0.05, 0.1) is 26.9 Å². The molecule has 0 saturated carbocycles. The van der Waals surface area contributed by atoms with Crippen molar-refractivity contribution in [3.8, 4) is 17.2 Å². The van der Waals surface area contributed by atoms with Gasteiger partial charge in [-0.05, 0) is 13.0 Å². The zero-order chi connectivity index (χ0) is 18.7. The first-order valence-electron chi connectivity index (χ1n) is 8.32. The van der Waals surface area contributed by atoms with Crippen molar-refractivity contribution < 1.29 is 19.0 Å². The number of carbonyl (C=O) groups excluding carboxylic acids is 1. The summed E-state index contributed by atoms with van der Waals surface area (Å²) in [7, 11) is 4.62. The molecule has 3 rings (SSSR count). The van der Waals surface area contributed by atoms with E-state index in [1.165, 1.54) is 21.3 Å². The van der Waals surface area contributed by atoms with Crippen LogP contribution in [0.1, 0.15) is 17.3 Å². The van der Waals surface area contributed by atoms with Gasteiger partial charge < -0.3 is 24.1 Å². The van der Waals surface area contributed by atoms with Crippen LogP contribution in [0.3, 0.4) is 0 Å². The fourth-order valence-corrected chi connectivity index (χ4v) is 3.04. The number of hydrogen-bond acceptors (Lipinski definition) is 4. The third-order valence-corrected chi connectivity index (χ3v) is 4.30. The number of nitrogens with one attached hydrogen (secondary N) is 1. The zero-order valence-corrected chi connectivity index (χ0v) is 15.3. The van der Waals surface area contributed by atoms with E-state index in [0.29, 0.717) is 28.5 Å². The Morgan fingerprint density at radius 3 is 2.27 bits per heavy atom. The Kier molecular flexibility index (Phi) is 5.02. The first-order chi connectivity index (χ1) is 12.6. The number of ether oxygens (including phenoxy) is 3. The predicted molar refractivity (Wildman–Crippen MR) is 102 cm³/mol. The van der Waals surface area contributed by atoms with Crippen molar-refractivity contribution in [2.24, 2.45) is 0 Å². The molecule has 0 bridgehead atoms. The number of aryl methyl sites for hydroxylation is 1. The molecule has 136 valence electrons.